The maximum atomic E-state index is 16.2. The molecule has 1 N–H and O–H groups in total. The van der Waals surface area contributed by atoms with Gasteiger partial charge in [-0.3, -0.25) is 4.79 Å². The molecular weight excluding hydrogens is 547 g/mol. The number of hydrogen-bond donors (Lipinski definition) is 1. The Kier molecular flexibility index (Phi) is 8.16. The number of fused-ring (bicyclic) bond motifs is 1. The first-order valence-electron chi connectivity index (χ1n) is 14.7. The van der Waals surface area contributed by atoms with Gasteiger partial charge in [0.15, 0.2) is 17.5 Å². The Bertz CT molecular complexity index is 1640. The fraction of sp³-hybridized carbons (Fsp3) is 0.419. The van der Waals surface area contributed by atoms with E-state index in [-0.39, 0.29) is 29.9 Å². The minimum absolute atomic E-state index is 0.0599. The average Bonchev–Trinajstić information content (AvgIpc) is 3.47. The van der Waals surface area contributed by atoms with Crippen molar-refractivity contribution in [2.75, 3.05) is 50.5 Å². The second kappa shape index (κ2) is 12.3. The van der Waals surface area contributed by atoms with Crippen LogP contribution in [0.15, 0.2) is 48.9 Å². The quantitative estimate of drug-likeness (QED) is 0.347. The van der Waals surface area contributed by atoms with Crippen LogP contribution >= 0.6 is 0 Å². The highest BCUT2D eigenvalue weighted by molar-refractivity contribution is 5.79. The third-order valence-corrected chi connectivity index (χ3v) is 8.40. The predicted octanol–water partition coefficient (Wildman–Crippen LogP) is 3.84. The lowest BCUT2D eigenvalue weighted by Gasteiger charge is -2.35. The monoisotopic (exact) mass is 582 g/mol. The van der Waals surface area contributed by atoms with Crippen LogP contribution in [-0.2, 0) is 4.79 Å². The molecule has 0 aliphatic carbocycles. The van der Waals surface area contributed by atoms with Crippen molar-refractivity contribution in [1.82, 2.24) is 34.4 Å². The Hall–Kier alpha value is -4.63. The van der Waals surface area contributed by atoms with Gasteiger partial charge in [0.2, 0.25) is 5.91 Å². The van der Waals surface area contributed by atoms with Gasteiger partial charge in [-0.25, -0.2) is 23.9 Å². The van der Waals surface area contributed by atoms with Gasteiger partial charge in [-0.05, 0) is 64.0 Å². The summed E-state index contributed by atoms with van der Waals surface area (Å²) >= 11 is 0. The van der Waals surface area contributed by atoms with Gasteiger partial charge in [-0.1, -0.05) is 6.07 Å². The van der Waals surface area contributed by atoms with Gasteiger partial charge >= 0.3 is 0 Å². The number of rotatable bonds is 7. The van der Waals surface area contributed by atoms with E-state index in [1.54, 1.807) is 21.8 Å². The summed E-state index contributed by atoms with van der Waals surface area (Å²) in [5.41, 5.74) is 2.16. The Labute approximate surface area is 250 Å². The topological polar surface area (TPSA) is 119 Å². The molecule has 4 aromatic rings. The molecule has 2 aliphatic heterocycles. The van der Waals surface area contributed by atoms with Gasteiger partial charge in [-0.15, -0.1) is 0 Å². The van der Waals surface area contributed by atoms with Crippen LogP contribution in [0, 0.1) is 17.1 Å². The summed E-state index contributed by atoms with van der Waals surface area (Å²) in [6.07, 6.45) is 8.62. The van der Waals surface area contributed by atoms with Crippen LogP contribution in [0.25, 0.3) is 28.2 Å². The molecule has 2 saturated heterocycles. The predicted molar refractivity (Wildman–Crippen MR) is 162 cm³/mol. The van der Waals surface area contributed by atoms with E-state index in [0.717, 1.165) is 50.1 Å². The summed E-state index contributed by atoms with van der Waals surface area (Å²) in [4.78, 5) is 32.6. The number of nitrogens with one attached hydrogen (secondary N) is 1. The summed E-state index contributed by atoms with van der Waals surface area (Å²) < 4.78 is 18.0. The maximum Gasteiger partial charge on any atom is 0.236 e. The molecule has 11 nitrogen and oxygen atoms in total. The van der Waals surface area contributed by atoms with Crippen molar-refractivity contribution in [2.45, 2.75) is 44.2 Å². The van der Waals surface area contributed by atoms with Crippen molar-refractivity contribution in [2.24, 2.45) is 0 Å². The highest BCUT2D eigenvalue weighted by Gasteiger charge is 2.27. The van der Waals surface area contributed by atoms with Gasteiger partial charge in [0.1, 0.15) is 17.9 Å². The van der Waals surface area contributed by atoms with Crippen LogP contribution in [-0.4, -0.2) is 92.6 Å². The number of nitriles is 1. The molecule has 2 fully saturated rings. The zero-order chi connectivity index (χ0) is 29.9. The SMILES string of the molecule is CN(C)C1CCN(c2ccc(-c3nc(-c4cnn5ccccc45)nc(N[C@@H]4CCCN(C(=O)CC#N)C4)c3F)cn2)CC1. The molecule has 0 radical (unpaired) electrons. The van der Waals surface area contributed by atoms with Crippen LogP contribution in [0.1, 0.15) is 32.1 Å². The molecule has 6 heterocycles. The van der Waals surface area contributed by atoms with Gasteiger partial charge in [0, 0.05) is 56.2 Å². The van der Waals surface area contributed by atoms with Crippen molar-refractivity contribution in [3.8, 4) is 28.7 Å². The van der Waals surface area contributed by atoms with E-state index in [9.17, 15) is 4.79 Å². The number of likely N-dealkylation sites (tertiary alicyclic amines) is 1. The molecule has 4 aromatic heterocycles. The van der Waals surface area contributed by atoms with Gasteiger partial charge < -0.3 is 20.0 Å². The molecule has 12 heteroatoms. The fourth-order valence-corrected chi connectivity index (χ4v) is 5.98. The van der Waals surface area contributed by atoms with Gasteiger partial charge in [0.25, 0.3) is 0 Å². The number of pyridine rings is 2. The fourth-order valence-electron chi connectivity index (χ4n) is 5.98. The summed E-state index contributed by atoms with van der Waals surface area (Å²) in [7, 11) is 4.24. The van der Waals surface area contributed by atoms with Crippen LogP contribution in [0.2, 0.25) is 0 Å². The Balaban J connectivity index is 1.32. The van der Waals surface area contributed by atoms with Gasteiger partial charge in [0.05, 0.1) is 23.3 Å². The number of aromatic nitrogens is 5. The lowest BCUT2D eigenvalue weighted by molar-refractivity contribution is -0.131. The van der Waals surface area contributed by atoms with Crippen LogP contribution < -0.4 is 10.2 Å². The van der Waals surface area contributed by atoms with Gasteiger partial charge in [-0.2, -0.15) is 10.4 Å². The number of nitrogens with zero attached hydrogens (tertiary/aromatic N) is 9. The molecule has 0 bridgehead atoms. The lowest BCUT2D eigenvalue weighted by atomic mass is 10.0. The number of carbonyl (C=O) groups is 1. The van der Waals surface area contributed by atoms with Crippen molar-refractivity contribution in [3.05, 3.63) is 54.7 Å². The van der Waals surface area contributed by atoms with E-state index < -0.39 is 5.82 Å². The minimum Gasteiger partial charge on any atom is -0.363 e. The number of hydrogen-bond acceptors (Lipinski definition) is 9. The first-order valence-corrected chi connectivity index (χ1v) is 14.7. The van der Waals surface area contributed by atoms with Crippen molar-refractivity contribution < 1.29 is 9.18 Å². The lowest BCUT2D eigenvalue weighted by Crippen LogP contribution is -2.45. The normalized spacial score (nSPS) is 17.8. The molecule has 0 spiro atoms. The van der Waals surface area contributed by atoms with Crippen LogP contribution in [0.4, 0.5) is 16.0 Å². The highest BCUT2D eigenvalue weighted by Crippen LogP contribution is 2.32. The largest absolute Gasteiger partial charge is 0.363 e. The van der Waals surface area contributed by atoms with E-state index in [2.05, 4.69) is 44.3 Å². The zero-order valence-corrected chi connectivity index (χ0v) is 24.4. The third-order valence-electron chi connectivity index (χ3n) is 8.40. The number of anilines is 2. The Morgan fingerprint density at radius 3 is 2.70 bits per heavy atom. The Morgan fingerprint density at radius 2 is 1.95 bits per heavy atom. The van der Waals surface area contributed by atoms with Crippen molar-refractivity contribution in [1.29, 1.82) is 5.26 Å². The molecular formula is C31H35FN10O. The van der Waals surface area contributed by atoms with Crippen molar-refractivity contribution in [3.63, 3.8) is 0 Å². The second-order valence-corrected chi connectivity index (χ2v) is 11.4. The molecule has 43 heavy (non-hydrogen) atoms. The summed E-state index contributed by atoms with van der Waals surface area (Å²) in [5.74, 6) is 0.456. The molecule has 222 valence electrons. The van der Waals surface area contributed by atoms with Crippen LogP contribution in [0.3, 0.4) is 0 Å². The number of carbonyl (C=O) groups excluding carboxylic acids is 1. The summed E-state index contributed by atoms with van der Waals surface area (Å²) in [6, 6.07) is 11.7. The molecule has 1 amide bonds. The van der Waals surface area contributed by atoms with Crippen molar-refractivity contribution >= 4 is 23.1 Å². The van der Waals surface area contributed by atoms with E-state index in [1.165, 1.54) is 0 Å². The number of piperidine rings is 2. The van der Waals surface area contributed by atoms with E-state index in [1.807, 2.05) is 42.6 Å². The van der Waals surface area contributed by atoms with E-state index in [4.69, 9.17) is 10.2 Å². The molecule has 0 aromatic carbocycles. The number of halogens is 1. The summed E-state index contributed by atoms with van der Waals surface area (Å²) in [5, 5.41) is 16.6. The first-order chi connectivity index (χ1) is 20.9. The van der Waals surface area contributed by atoms with E-state index in [0.29, 0.717) is 36.1 Å². The standard InChI is InChI=1S/C31H35FN10O/c1-39(2)23-11-16-40(17-12-23)26-9-8-21(18-34-26)29-28(32)31(36-22-6-5-14-41(20-22)27(43)10-13-33)38-30(37-29)24-19-35-42-15-4-3-7-25(24)42/h3-4,7-9,15,18-19,22-23H,5-6,10-12,14,16-17,20H2,1-2H3,(H,36,37,38)/t22-/m1/s1. The molecule has 0 saturated carbocycles. The second-order valence-electron chi connectivity index (χ2n) is 11.4. The van der Waals surface area contributed by atoms with Crippen LogP contribution in [0.5, 0.6) is 0 Å². The maximum absolute atomic E-state index is 16.2. The highest BCUT2D eigenvalue weighted by atomic mass is 19.1. The zero-order valence-electron chi connectivity index (χ0n) is 24.4. The Morgan fingerprint density at radius 1 is 1.12 bits per heavy atom. The minimum atomic E-state index is -0.581. The smallest absolute Gasteiger partial charge is 0.236 e. The average molecular weight is 583 g/mol. The molecule has 0 unspecified atom stereocenters. The first kappa shape index (κ1) is 28.5. The summed E-state index contributed by atoms with van der Waals surface area (Å²) in [6.45, 7) is 2.78. The third kappa shape index (κ3) is 5.99. The molecule has 2 aliphatic rings. The van der Waals surface area contributed by atoms with E-state index >= 15 is 4.39 Å². The number of amides is 1. The molecule has 1 atom stereocenters. The molecule has 6 rings (SSSR count).